The summed E-state index contributed by atoms with van der Waals surface area (Å²) in [5.41, 5.74) is 1.10. The van der Waals surface area contributed by atoms with Gasteiger partial charge < -0.3 is 4.74 Å². The molecule has 31 heavy (non-hydrogen) atoms. The molecule has 0 amide bonds. The van der Waals surface area contributed by atoms with E-state index in [9.17, 15) is 4.57 Å². The van der Waals surface area contributed by atoms with Crippen molar-refractivity contribution in [2.24, 2.45) is 11.8 Å². The molecule has 1 fully saturated rings. The van der Waals surface area contributed by atoms with Crippen LogP contribution in [0.5, 0.6) is 5.75 Å². The van der Waals surface area contributed by atoms with Crippen molar-refractivity contribution in [3.63, 3.8) is 0 Å². The molecule has 4 rings (SSSR count). The Balaban J connectivity index is 1.76. The third kappa shape index (κ3) is 4.79. The second-order valence-electron chi connectivity index (χ2n) is 8.43. The van der Waals surface area contributed by atoms with E-state index in [-0.39, 0.29) is 6.04 Å². The van der Waals surface area contributed by atoms with Gasteiger partial charge in [-0.1, -0.05) is 80.8 Å². The number of hydrogen-bond acceptors (Lipinski definition) is 2. The van der Waals surface area contributed by atoms with Gasteiger partial charge in [-0.05, 0) is 48.6 Å². The van der Waals surface area contributed by atoms with E-state index in [4.69, 9.17) is 4.74 Å². The zero-order chi connectivity index (χ0) is 21.7. The quantitative estimate of drug-likeness (QED) is 0.394. The van der Waals surface area contributed by atoms with Crippen LogP contribution in [0.3, 0.4) is 0 Å². The predicted octanol–water partition coefficient (Wildman–Crippen LogP) is 6.08. The number of para-hydroxylation sites is 1. The van der Waals surface area contributed by atoms with Crippen molar-refractivity contribution in [2.45, 2.75) is 38.6 Å². The minimum absolute atomic E-state index is 0.0238. The van der Waals surface area contributed by atoms with Gasteiger partial charge in [0, 0.05) is 22.2 Å². The molecule has 3 aromatic rings. The summed E-state index contributed by atoms with van der Waals surface area (Å²) in [6.07, 6.45) is 4.85. The summed E-state index contributed by atoms with van der Waals surface area (Å²) >= 11 is 0. The third-order valence-corrected chi connectivity index (χ3v) is 9.06. The molecule has 0 aromatic heterocycles. The lowest BCUT2D eigenvalue weighted by Gasteiger charge is -2.29. The summed E-state index contributed by atoms with van der Waals surface area (Å²) in [7, 11) is -1.33. The molecule has 1 saturated carbocycles. The van der Waals surface area contributed by atoms with Gasteiger partial charge >= 0.3 is 0 Å². The van der Waals surface area contributed by atoms with E-state index in [0.717, 1.165) is 21.9 Å². The Morgan fingerprint density at radius 3 is 2.10 bits per heavy atom. The molecular formula is C27H32NO2P. The van der Waals surface area contributed by atoms with Crippen molar-refractivity contribution in [3.05, 3.63) is 90.5 Å². The molecule has 0 spiro atoms. The highest BCUT2D eigenvalue weighted by Crippen LogP contribution is 2.55. The number of methoxy groups -OCH3 is 1. The van der Waals surface area contributed by atoms with Crippen molar-refractivity contribution in [2.75, 3.05) is 7.11 Å². The van der Waals surface area contributed by atoms with E-state index >= 15 is 0 Å². The van der Waals surface area contributed by atoms with Crippen LogP contribution in [0, 0.1) is 11.8 Å². The van der Waals surface area contributed by atoms with Crippen LogP contribution in [-0.2, 0) is 4.57 Å². The number of rotatable bonds is 10. The molecule has 0 radical (unpaired) electrons. The summed E-state index contributed by atoms with van der Waals surface area (Å²) in [5.74, 6) is 1.99. The topological polar surface area (TPSA) is 38.3 Å². The molecule has 0 heterocycles. The lowest BCUT2D eigenvalue weighted by atomic mass is 9.99. The van der Waals surface area contributed by atoms with Crippen molar-refractivity contribution in [3.8, 4) is 5.75 Å². The van der Waals surface area contributed by atoms with Gasteiger partial charge in [0.2, 0.25) is 7.29 Å². The first-order chi connectivity index (χ1) is 15.2. The largest absolute Gasteiger partial charge is 0.496 e. The van der Waals surface area contributed by atoms with Gasteiger partial charge in [0.05, 0.1) is 7.11 Å². The van der Waals surface area contributed by atoms with Gasteiger partial charge in [-0.3, -0.25) is 9.65 Å². The first kappa shape index (κ1) is 21.9. The zero-order valence-corrected chi connectivity index (χ0v) is 19.3. The van der Waals surface area contributed by atoms with Crippen molar-refractivity contribution < 1.29 is 9.30 Å². The maximum atomic E-state index is 14.7. The highest BCUT2D eigenvalue weighted by molar-refractivity contribution is 7.76. The van der Waals surface area contributed by atoms with Crippen LogP contribution in [0.1, 0.15) is 44.2 Å². The maximum Gasteiger partial charge on any atom is 0.205 e. The lowest BCUT2D eigenvalue weighted by Crippen LogP contribution is -2.32. The minimum Gasteiger partial charge on any atom is -0.496 e. The average molecular weight is 434 g/mol. The van der Waals surface area contributed by atoms with E-state index in [1.807, 2.05) is 78.9 Å². The number of ether oxygens (including phenoxy) is 1. The summed E-state index contributed by atoms with van der Waals surface area (Å²) in [4.78, 5) is 0. The number of hydrogen-bond donors (Lipinski definition) is 1. The standard InChI is InChI=1S/C27H32NO2P/c1-3-4-13-21-20-25(21)27(24-18-11-12-19-26(24)30-2)28-31(29,22-14-7-5-8-15-22)23-16-9-6-10-17-23/h5-12,14-19,21,25,27H,3-4,13,20H2,1-2H3,(H,28,29)/t21-,25+,27+/m1/s1. The fourth-order valence-electron chi connectivity index (χ4n) is 4.57. The molecule has 3 atom stereocenters. The molecule has 0 unspecified atom stereocenters. The van der Waals surface area contributed by atoms with Crippen LogP contribution < -0.4 is 20.4 Å². The van der Waals surface area contributed by atoms with E-state index in [2.05, 4.69) is 18.1 Å². The van der Waals surface area contributed by atoms with Gasteiger partial charge in [-0.25, -0.2) is 0 Å². The number of benzene rings is 3. The Morgan fingerprint density at radius 1 is 0.935 bits per heavy atom. The van der Waals surface area contributed by atoms with Gasteiger partial charge in [-0.15, -0.1) is 0 Å². The summed E-state index contributed by atoms with van der Waals surface area (Å²) in [6, 6.07) is 27.8. The number of nitrogens with one attached hydrogen (secondary N) is 1. The normalized spacial score (nSPS) is 19.0. The Labute approximate surface area is 186 Å². The van der Waals surface area contributed by atoms with Crippen LogP contribution >= 0.6 is 7.29 Å². The Bertz CT molecular complexity index is 978. The fraction of sp³-hybridized carbons (Fsp3) is 0.333. The maximum absolute atomic E-state index is 14.7. The number of unbranched alkanes of at least 4 members (excludes halogenated alkanes) is 1. The van der Waals surface area contributed by atoms with Gasteiger partial charge in [0.1, 0.15) is 5.75 Å². The minimum atomic E-state index is -3.05. The predicted molar refractivity (Wildman–Crippen MR) is 130 cm³/mol. The molecule has 0 aliphatic heterocycles. The SMILES string of the molecule is CCCC[C@@H]1C[C@@H]1[C@@H](NP(=O)(c1ccccc1)c1ccccc1)c1ccccc1OC. The highest BCUT2D eigenvalue weighted by atomic mass is 31.2. The Hall–Kier alpha value is -2.35. The van der Waals surface area contributed by atoms with Gasteiger partial charge in [0.25, 0.3) is 0 Å². The van der Waals surface area contributed by atoms with Crippen LogP contribution in [0.4, 0.5) is 0 Å². The molecule has 1 N–H and O–H groups in total. The van der Waals surface area contributed by atoms with Crippen molar-refractivity contribution in [1.29, 1.82) is 0 Å². The second kappa shape index (κ2) is 9.85. The van der Waals surface area contributed by atoms with E-state index < -0.39 is 7.29 Å². The Kier molecular flexibility index (Phi) is 6.95. The van der Waals surface area contributed by atoms with Crippen LogP contribution in [0.15, 0.2) is 84.9 Å². The van der Waals surface area contributed by atoms with Crippen LogP contribution in [0.25, 0.3) is 0 Å². The second-order valence-corrected chi connectivity index (χ2v) is 10.9. The molecule has 0 saturated heterocycles. The molecular weight excluding hydrogens is 401 g/mol. The fourth-order valence-corrected chi connectivity index (χ4v) is 7.07. The molecule has 1 aliphatic carbocycles. The molecule has 162 valence electrons. The molecule has 0 bridgehead atoms. The summed E-state index contributed by atoms with van der Waals surface area (Å²) < 4.78 is 20.4. The van der Waals surface area contributed by atoms with Crippen molar-refractivity contribution in [1.82, 2.24) is 5.09 Å². The van der Waals surface area contributed by atoms with Crippen LogP contribution in [0.2, 0.25) is 0 Å². The Morgan fingerprint density at radius 2 is 1.52 bits per heavy atom. The zero-order valence-electron chi connectivity index (χ0n) is 18.4. The monoisotopic (exact) mass is 433 g/mol. The van der Waals surface area contributed by atoms with Gasteiger partial charge in [-0.2, -0.15) is 0 Å². The first-order valence-electron chi connectivity index (χ1n) is 11.3. The van der Waals surface area contributed by atoms with E-state index in [1.54, 1.807) is 7.11 Å². The molecule has 4 heteroatoms. The highest BCUT2D eigenvalue weighted by Gasteiger charge is 2.46. The van der Waals surface area contributed by atoms with E-state index in [1.165, 1.54) is 25.7 Å². The molecule has 3 nitrogen and oxygen atoms in total. The average Bonchev–Trinajstić information content (AvgIpc) is 3.61. The smallest absolute Gasteiger partial charge is 0.205 e. The molecule has 3 aromatic carbocycles. The third-order valence-electron chi connectivity index (χ3n) is 6.37. The van der Waals surface area contributed by atoms with Crippen LogP contribution in [-0.4, -0.2) is 7.11 Å². The lowest BCUT2D eigenvalue weighted by molar-refractivity contribution is 0.396. The summed E-state index contributed by atoms with van der Waals surface area (Å²) in [6.45, 7) is 2.24. The van der Waals surface area contributed by atoms with E-state index in [0.29, 0.717) is 11.8 Å². The van der Waals surface area contributed by atoms with Crippen molar-refractivity contribution >= 4 is 17.9 Å². The summed E-state index contributed by atoms with van der Waals surface area (Å²) in [5, 5.41) is 5.38. The first-order valence-corrected chi connectivity index (χ1v) is 13.0. The van der Waals surface area contributed by atoms with Gasteiger partial charge in [0.15, 0.2) is 0 Å². The molecule has 1 aliphatic rings.